The Morgan fingerprint density at radius 2 is 1.92 bits per heavy atom. The molecule has 1 aliphatic heterocycles. The van der Waals surface area contributed by atoms with Crippen LogP contribution in [-0.2, 0) is 28.5 Å². The molecule has 0 aromatic rings. The van der Waals surface area contributed by atoms with E-state index in [4.69, 9.17) is 69.4 Å². The van der Waals surface area contributed by atoms with Gasteiger partial charge in [-0.05, 0) is 5.53 Å². The maximum atomic E-state index is 11.1. The minimum Gasteiger partial charge on any atom is -0.463 e. The Kier molecular flexibility index (Phi) is 8.49. The number of alkyl halides is 3. The molecule has 1 rings (SSSR count). The van der Waals surface area contributed by atoms with Crippen LogP contribution in [0, 0.1) is 5.41 Å². The van der Waals surface area contributed by atoms with E-state index in [0.29, 0.717) is 0 Å². The second kappa shape index (κ2) is 9.63. The van der Waals surface area contributed by atoms with E-state index in [0.717, 1.165) is 0 Å². The highest BCUT2D eigenvalue weighted by atomic mass is 35.6. The summed E-state index contributed by atoms with van der Waals surface area (Å²) in [6.07, 6.45) is -3.74. The van der Waals surface area contributed by atoms with E-state index < -0.39 is 46.3 Å². The summed E-state index contributed by atoms with van der Waals surface area (Å²) in [6, 6.07) is -1.05. The molecular formula is C12H17Cl3N4O6. The highest BCUT2D eigenvalue weighted by molar-refractivity contribution is 6.76. The average molecular weight is 420 g/mol. The lowest BCUT2D eigenvalue weighted by Crippen LogP contribution is -2.60. The number of nitrogens with zero attached hydrogens (tertiary/aromatic N) is 3. The third-order valence-electron chi connectivity index (χ3n) is 3.29. The molecule has 1 saturated heterocycles. The lowest BCUT2D eigenvalue weighted by atomic mass is 9.97. The number of ether oxygens (including phenoxy) is 5. The second-order valence-electron chi connectivity index (χ2n) is 4.89. The molecule has 1 aliphatic rings. The van der Waals surface area contributed by atoms with Crippen molar-refractivity contribution in [1.29, 1.82) is 5.41 Å². The molecule has 0 spiro atoms. The third-order valence-corrected chi connectivity index (χ3v) is 3.80. The van der Waals surface area contributed by atoms with Crippen LogP contribution in [0.1, 0.15) is 6.92 Å². The number of halogens is 3. The summed E-state index contributed by atoms with van der Waals surface area (Å²) < 4.78 is 24.3. The molecule has 0 aromatic heterocycles. The largest absolute Gasteiger partial charge is 0.463 e. The molecule has 1 heterocycles. The first kappa shape index (κ1) is 22.0. The molecule has 0 amide bonds. The first-order chi connectivity index (χ1) is 11.6. The van der Waals surface area contributed by atoms with Crippen LogP contribution in [-0.4, -0.2) is 67.1 Å². The number of nitrogens with one attached hydrogen (secondary N) is 1. The van der Waals surface area contributed by atoms with Crippen LogP contribution in [0.3, 0.4) is 0 Å². The van der Waals surface area contributed by atoms with Crippen LogP contribution >= 0.6 is 34.8 Å². The summed E-state index contributed by atoms with van der Waals surface area (Å²) in [5.74, 6) is -1.27. The van der Waals surface area contributed by atoms with Crippen LogP contribution in [0.15, 0.2) is 5.11 Å². The lowest BCUT2D eigenvalue weighted by Gasteiger charge is -2.43. The number of hydrogen-bond acceptors (Lipinski definition) is 8. The van der Waals surface area contributed by atoms with Gasteiger partial charge in [-0.3, -0.25) is 10.2 Å². The maximum Gasteiger partial charge on any atom is 0.302 e. The summed E-state index contributed by atoms with van der Waals surface area (Å²) in [4.78, 5) is 13.8. The molecule has 0 bridgehead atoms. The van der Waals surface area contributed by atoms with Gasteiger partial charge in [0.05, 0.1) is 0 Å². The van der Waals surface area contributed by atoms with Crippen molar-refractivity contribution < 1.29 is 28.5 Å². The number of azide groups is 1. The van der Waals surface area contributed by atoms with Gasteiger partial charge in [-0.25, -0.2) is 0 Å². The van der Waals surface area contributed by atoms with Gasteiger partial charge in [-0.2, -0.15) is 0 Å². The SMILES string of the molecule is CO[C@@H]1C(N=[N+]=[N-])C(OC(=N)C(Cl)(Cl)Cl)OC(COC(C)=O)[C@@H]1OC. The van der Waals surface area contributed by atoms with E-state index in [1.807, 2.05) is 0 Å². The first-order valence-corrected chi connectivity index (χ1v) is 8.00. The number of carbonyl (C=O) groups is 1. The van der Waals surface area contributed by atoms with Crippen LogP contribution < -0.4 is 0 Å². The minimum atomic E-state index is -2.14. The van der Waals surface area contributed by atoms with Crippen molar-refractivity contribution in [3.05, 3.63) is 10.4 Å². The standard InChI is InChI=1S/C12H17Cl3N4O6/c1-5(20)23-4-6-8(21-2)9(22-3)7(18-19-17)10(24-6)25-11(16)12(13,14)15/h6-10,16H,4H2,1-3H3/t6?,7?,8-,9+,10?/m0/s1. The number of rotatable bonds is 6. The molecule has 1 N–H and O–H groups in total. The van der Waals surface area contributed by atoms with Gasteiger partial charge in [0.2, 0.25) is 12.2 Å². The van der Waals surface area contributed by atoms with E-state index in [-0.39, 0.29) is 6.61 Å². The molecule has 13 heteroatoms. The Morgan fingerprint density at radius 1 is 1.32 bits per heavy atom. The van der Waals surface area contributed by atoms with Crippen molar-refractivity contribution >= 4 is 46.7 Å². The Morgan fingerprint density at radius 3 is 2.36 bits per heavy atom. The second-order valence-corrected chi connectivity index (χ2v) is 7.17. The van der Waals surface area contributed by atoms with Crippen LogP contribution in [0.25, 0.3) is 10.4 Å². The van der Waals surface area contributed by atoms with Gasteiger partial charge in [0.15, 0.2) is 0 Å². The topological polar surface area (TPSA) is 136 Å². The van der Waals surface area contributed by atoms with Crippen molar-refractivity contribution in [3.63, 3.8) is 0 Å². The zero-order valence-electron chi connectivity index (χ0n) is 13.5. The first-order valence-electron chi connectivity index (χ1n) is 6.86. The van der Waals surface area contributed by atoms with Crippen molar-refractivity contribution in [3.8, 4) is 0 Å². The van der Waals surface area contributed by atoms with Crippen molar-refractivity contribution in [1.82, 2.24) is 0 Å². The van der Waals surface area contributed by atoms with Gasteiger partial charge in [0.1, 0.15) is 31.0 Å². The number of methoxy groups -OCH3 is 2. The summed E-state index contributed by atoms with van der Waals surface area (Å²) in [5.41, 5.74) is 8.79. The molecule has 5 atom stereocenters. The van der Waals surface area contributed by atoms with E-state index in [2.05, 4.69) is 10.0 Å². The van der Waals surface area contributed by atoms with Gasteiger partial charge < -0.3 is 23.7 Å². The van der Waals surface area contributed by atoms with Crippen LogP contribution in [0.2, 0.25) is 0 Å². The van der Waals surface area contributed by atoms with E-state index in [1.165, 1.54) is 21.1 Å². The predicted octanol–water partition coefficient (Wildman–Crippen LogP) is 2.35. The monoisotopic (exact) mass is 418 g/mol. The molecule has 142 valence electrons. The Bertz CT molecular complexity index is 539. The van der Waals surface area contributed by atoms with Gasteiger partial charge in [0, 0.05) is 26.1 Å². The molecule has 0 aromatic carbocycles. The minimum absolute atomic E-state index is 0.183. The quantitative estimate of drug-likeness (QED) is 0.133. The third kappa shape index (κ3) is 6.03. The van der Waals surface area contributed by atoms with Gasteiger partial charge in [-0.15, -0.1) is 0 Å². The zero-order chi connectivity index (χ0) is 19.2. The Balaban J connectivity index is 3.10. The zero-order valence-corrected chi connectivity index (χ0v) is 15.8. The Labute approximate surface area is 158 Å². The fourth-order valence-electron chi connectivity index (χ4n) is 2.24. The predicted molar refractivity (Wildman–Crippen MR) is 88.9 cm³/mol. The maximum absolute atomic E-state index is 11.1. The van der Waals surface area contributed by atoms with Crippen LogP contribution in [0.5, 0.6) is 0 Å². The summed E-state index contributed by atoms with van der Waals surface area (Å²) in [7, 11) is 2.75. The molecule has 0 saturated carbocycles. The number of esters is 1. The lowest BCUT2D eigenvalue weighted by molar-refractivity contribution is -0.255. The number of hydrogen-bond donors (Lipinski definition) is 1. The van der Waals surface area contributed by atoms with Crippen molar-refractivity contribution in [2.75, 3.05) is 20.8 Å². The van der Waals surface area contributed by atoms with E-state index >= 15 is 0 Å². The smallest absolute Gasteiger partial charge is 0.302 e. The van der Waals surface area contributed by atoms with Crippen molar-refractivity contribution in [2.24, 2.45) is 5.11 Å². The van der Waals surface area contributed by atoms with Crippen LogP contribution in [0.4, 0.5) is 0 Å². The number of carbonyl (C=O) groups excluding carboxylic acids is 1. The van der Waals surface area contributed by atoms with E-state index in [9.17, 15) is 4.79 Å². The van der Waals surface area contributed by atoms with Gasteiger partial charge >= 0.3 is 5.97 Å². The summed E-state index contributed by atoms with van der Waals surface area (Å²) >= 11 is 16.8. The highest BCUT2D eigenvalue weighted by Crippen LogP contribution is 2.33. The van der Waals surface area contributed by atoms with Gasteiger partial charge in [-0.1, -0.05) is 39.9 Å². The Hall–Kier alpha value is -1.00. The normalized spacial score (nSPS) is 29.4. The summed E-state index contributed by atoms with van der Waals surface area (Å²) in [5, 5.41) is 11.2. The van der Waals surface area contributed by atoms with E-state index in [1.54, 1.807) is 0 Å². The summed E-state index contributed by atoms with van der Waals surface area (Å²) in [6.45, 7) is 1.05. The molecule has 25 heavy (non-hydrogen) atoms. The fraction of sp³-hybridized carbons (Fsp3) is 0.833. The molecular weight excluding hydrogens is 403 g/mol. The average Bonchev–Trinajstić information content (AvgIpc) is 2.53. The molecule has 3 unspecified atom stereocenters. The highest BCUT2D eigenvalue weighted by Gasteiger charge is 2.49. The van der Waals surface area contributed by atoms with Crippen molar-refractivity contribution in [2.45, 2.75) is 41.4 Å². The molecule has 0 aliphatic carbocycles. The molecule has 0 radical (unpaired) electrons. The molecule has 1 fully saturated rings. The molecule has 10 nitrogen and oxygen atoms in total. The van der Waals surface area contributed by atoms with Gasteiger partial charge in [0.25, 0.3) is 3.79 Å². The fourth-order valence-corrected chi connectivity index (χ4v) is 2.38.